The third kappa shape index (κ3) is 2.92. The summed E-state index contributed by atoms with van der Waals surface area (Å²) in [6.07, 6.45) is 0. The van der Waals surface area contributed by atoms with Crippen LogP contribution in [0.1, 0.15) is 0 Å². The van der Waals surface area contributed by atoms with Gasteiger partial charge in [-0.2, -0.15) is 8.42 Å². The van der Waals surface area contributed by atoms with E-state index in [0.717, 1.165) is 10.8 Å². The van der Waals surface area contributed by atoms with E-state index in [0.29, 0.717) is 0 Å². The van der Waals surface area contributed by atoms with Crippen LogP contribution in [0.25, 0.3) is 10.8 Å². The van der Waals surface area contributed by atoms with Gasteiger partial charge in [0.15, 0.2) is 0 Å². The van der Waals surface area contributed by atoms with E-state index in [1.165, 1.54) is 12.1 Å². The van der Waals surface area contributed by atoms with Gasteiger partial charge >= 0.3 is 0 Å². The Labute approximate surface area is 118 Å². The number of fused-ring (bicyclic) bond motifs is 1. The minimum absolute atomic E-state index is 0. The van der Waals surface area contributed by atoms with Crippen molar-refractivity contribution in [3.8, 4) is 0 Å². The van der Waals surface area contributed by atoms with E-state index < -0.39 is 10.1 Å². The summed E-state index contributed by atoms with van der Waals surface area (Å²) in [7, 11) is -4.09. The van der Waals surface area contributed by atoms with Gasteiger partial charge in [0.25, 0.3) is 10.1 Å². The molecule has 2 aromatic carbocycles. The summed E-state index contributed by atoms with van der Waals surface area (Å²) < 4.78 is 30.5. The Morgan fingerprint density at radius 2 is 1.53 bits per heavy atom. The largest absolute Gasteiger partial charge is 0.294 e. The molecular weight excluding hydrogens is 240 g/mol. The second-order valence-corrected chi connectivity index (χ2v) is 4.41. The summed E-state index contributed by atoms with van der Waals surface area (Å²) in [5, 5.41) is 1.74. The van der Waals surface area contributed by atoms with Crippen LogP contribution in [0.4, 0.5) is 0 Å². The van der Waals surface area contributed by atoms with E-state index in [1.807, 2.05) is 18.2 Å². The van der Waals surface area contributed by atoms with Gasteiger partial charge in [-0.1, -0.05) is 30.3 Å². The van der Waals surface area contributed by atoms with Gasteiger partial charge in [-0.05, 0) is 22.9 Å². The normalized spacial score (nSPS) is 11.0. The summed E-state index contributed by atoms with van der Waals surface area (Å²) in [4.78, 5) is -0.0730. The van der Waals surface area contributed by atoms with Crippen LogP contribution < -0.4 is 0 Å². The number of rotatable bonds is 1. The standard InChI is InChI=1S/C10H8O3S.Ca/c11-14(12,13)10-6-5-8-3-1-2-4-9(8)7-10;/h1-7H,(H,11,12,13);. The molecule has 2 rings (SSSR count). The van der Waals surface area contributed by atoms with Gasteiger partial charge < -0.3 is 0 Å². The molecule has 15 heavy (non-hydrogen) atoms. The minimum atomic E-state index is -4.09. The van der Waals surface area contributed by atoms with Gasteiger partial charge in [0.1, 0.15) is 0 Å². The predicted octanol–water partition coefficient (Wildman–Crippen LogP) is 1.71. The molecule has 3 nitrogen and oxygen atoms in total. The first-order valence-corrected chi connectivity index (χ1v) is 5.48. The smallest absolute Gasteiger partial charge is 0.282 e. The molecule has 0 fully saturated rings. The molecule has 2 radical (unpaired) electrons. The molecular formula is C10H8CaO3S. The van der Waals surface area contributed by atoms with Crippen LogP contribution in [0.5, 0.6) is 0 Å². The molecule has 0 heterocycles. The van der Waals surface area contributed by atoms with Crippen LogP contribution in [0.2, 0.25) is 0 Å². The van der Waals surface area contributed by atoms with Crippen molar-refractivity contribution in [2.75, 3.05) is 0 Å². The molecule has 0 spiro atoms. The summed E-state index contributed by atoms with van der Waals surface area (Å²) in [5.41, 5.74) is 0. The molecule has 5 heteroatoms. The summed E-state index contributed by atoms with van der Waals surface area (Å²) >= 11 is 0. The first-order chi connectivity index (χ1) is 6.57. The summed E-state index contributed by atoms with van der Waals surface area (Å²) in [6, 6.07) is 11.9. The van der Waals surface area contributed by atoms with E-state index >= 15 is 0 Å². The Kier molecular flexibility index (Phi) is 4.14. The van der Waals surface area contributed by atoms with E-state index in [4.69, 9.17) is 4.55 Å². The number of hydrogen-bond acceptors (Lipinski definition) is 2. The average Bonchev–Trinajstić information content (AvgIpc) is 2.16. The zero-order valence-corrected chi connectivity index (χ0v) is 10.9. The van der Waals surface area contributed by atoms with Crippen molar-refractivity contribution < 1.29 is 13.0 Å². The molecule has 0 aliphatic carbocycles. The van der Waals surface area contributed by atoms with Crippen LogP contribution in [-0.4, -0.2) is 50.7 Å². The van der Waals surface area contributed by atoms with Crippen LogP contribution in [-0.2, 0) is 10.1 Å². The molecule has 0 aromatic heterocycles. The maximum atomic E-state index is 10.8. The van der Waals surface area contributed by atoms with E-state index in [1.54, 1.807) is 12.1 Å². The Bertz CT molecular complexity index is 578. The molecule has 0 saturated heterocycles. The maximum absolute atomic E-state index is 10.8. The van der Waals surface area contributed by atoms with Gasteiger partial charge in [0, 0.05) is 37.7 Å². The van der Waals surface area contributed by atoms with E-state index in [9.17, 15) is 8.42 Å². The summed E-state index contributed by atoms with van der Waals surface area (Å²) in [6.45, 7) is 0. The first kappa shape index (κ1) is 12.9. The quantitative estimate of drug-likeness (QED) is 0.617. The molecule has 0 aliphatic heterocycles. The first-order valence-electron chi connectivity index (χ1n) is 4.04. The molecule has 74 valence electrons. The Balaban J connectivity index is 0.00000112. The molecule has 0 bridgehead atoms. The van der Waals surface area contributed by atoms with Crippen LogP contribution in [0.15, 0.2) is 47.4 Å². The maximum Gasteiger partial charge on any atom is 0.294 e. The predicted molar refractivity (Wildman–Crippen MR) is 59.5 cm³/mol. The average molecular weight is 248 g/mol. The van der Waals surface area contributed by atoms with E-state index in [2.05, 4.69) is 0 Å². The molecule has 0 amide bonds. The number of benzene rings is 2. The monoisotopic (exact) mass is 248 g/mol. The number of hydrogen-bond donors (Lipinski definition) is 1. The van der Waals surface area contributed by atoms with Crippen molar-refractivity contribution in [1.82, 2.24) is 0 Å². The molecule has 0 atom stereocenters. The Morgan fingerprint density at radius 3 is 2.13 bits per heavy atom. The second kappa shape index (κ2) is 4.80. The second-order valence-electron chi connectivity index (χ2n) is 2.98. The van der Waals surface area contributed by atoms with Crippen LogP contribution >= 0.6 is 0 Å². The molecule has 0 saturated carbocycles. The molecule has 2 aromatic rings. The molecule has 0 unspecified atom stereocenters. The van der Waals surface area contributed by atoms with Gasteiger partial charge in [-0.3, -0.25) is 4.55 Å². The van der Waals surface area contributed by atoms with Crippen molar-refractivity contribution in [1.29, 1.82) is 0 Å². The fourth-order valence-corrected chi connectivity index (χ4v) is 1.84. The van der Waals surface area contributed by atoms with Crippen molar-refractivity contribution in [2.45, 2.75) is 4.90 Å². The van der Waals surface area contributed by atoms with Crippen molar-refractivity contribution in [2.24, 2.45) is 0 Å². The van der Waals surface area contributed by atoms with Gasteiger partial charge in [0.05, 0.1) is 4.90 Å². The third-order valence-electron chi connectivity index (χ3n) is 2.02. The topological polar surface area (TPSA) is 54.4 Å². The molecule has 0 aliphatic rings. The Morgan fingerprint density at radius 1 is 0.933 bits per heavy atom. The zero-order valence-electron chi connectivity index (χ0n) is 7.92. The Hall–Kier alpha value is -0.130. The van der Waals surface area contributed by atoms with Gasteiger partial charge in [-0.15, -0.1) is 0 Å². The third-order valence-corrected chi connectivity index (χ3v) is 2.87. The van der Waals surface area contributed by atoms with Crippen molar-refractivity contribution in [3.63, 3.8) is 0 Å². The molecule has 1 N–H and O–H groups in total. The van der Waals surface area contributed by atoms with Crippen LogP contribution in [0.3, 0.4) is 0 Å². The van der Waals surface area contributed by atoms with Gasteiger partial charge in [0.2, 0.25) is 0 Å². The van der Waals surface area contributed by atoms with Crippen molar-refractivity contribution >= 4 is 58.6 Å². The van der Waals surface area contributed by atoms with Gasteiger partial charge in [-0.25, -0.2) is 0 Å². The fraction of sp³-hybridized carbons (Fsp3) is 0. The van der Waals surface area contributed by atoms with Crippen LogP contribution in [0, 0.1) is 0 Å². The van der Waals surface area contributed by atoms with E-state index in [-0.39, 0.29) is 42.6 Å². The minimum Gasteiger partial charge on any atom is -0.282 e. The SMILES string of the molecule is O=S(=O)(O)c1ccc2ccccc2c1.[Ca]. The summed E-state index contributed by atoms with van der Waals surface area (Å²) in [5.74, 6) is 0. The van der Waals surface area contributed by atoms with Crippen molar-refractivity contribution in [3.05, 3.63) is 42.5 Å². The fourth-order valence-electron chi connectivity index (χ4n) is 1.33. The zero-order chi connectivity index (χ0) is 10.2.